The summed E-state index contributed by atoms with van der Waals surface area (Å²) in [6.45, 7) is 3.94. The van der Waals surface area contributed by atoms with Crippen molar-refractivity contribution in [3.63, 3.8) is 0 Å². The van der Waals surface area contributed by atoms with Gasteiger partial charge in [-0.05, 0) is 37.5 Å². The zero-order chi connectivity index (χ0) is 14.2. The first-order valence-electron chi connectivity index (χ1n) is 7.42. The maximum absolute atomic E-state index is 5.73. The number of oxazole rings is 1. The summed E-state index contributed by atoms with van der Waals surface area (Å²) < 4.78 is 7.98. The lowest BCUT2D eigenvalue weighted by Crippen LogP contribution is -2.22. The van der Waals surface area contributed by atoms with Gasteiger partial charge in [-0.3, -0.25) is 0 Å². The molecule has 0 saturated carbocycles. The lowest BCUT2D eigenvalue weighted by atomic mass is 9.99. The molecular formula is C16H18N4O. The fourth-order valence-electron chi connectivity index (χ4n) is 3.02. The van der Waals surface area contributed by atoms with Crippen LogP contribution in [-0.2, 0) is 6.54 Å². The molecule has 0 saturated heterocycles. The Morgan fingerprint density at radius 1 is 1.43 bits per heavy atom. The predicted molar refractivity (Wildman–Crippen MR) is 81.4 cm³/mol. The molecule has 5 heteroatoms. The number of aromatic nitrogens is 3. The van der Waals surface area contributed by atoms with Crippen molar-refractivity contribution in [3.05, 3.63) is 42.0 Å². The predicted octanol–water partition coefficient (Wildman–Crippen LogP) is 3.32. The molecule has 1 unspecified atom stereocenters. The summed E-state index contributed by atoms with van der Waals surface area (Å²) in [5, 5.41) is 3.32. The fraction of sp³-hybridized carbons (Fsp3) is 0.375. The summed E-state index contributed by atoms with van der Waals surface area (Å²) in [4.78, 5) is 8.97. The molecular weight excluding hydrogens is 264 g/mol. The molecule has 21 heavy (non-hydrogen) atoms. The quantitative estimate of drug-likeness (QED) is 0.800. The van der Waals surface area contributed by atoms with Crippen molar-refractivity contribution in [3.8, 4) is 0 Å². The first-order valence-corrected chi connectivity index (χ1v) is 7.42. The van der Waals surface area contributed by atoms with E-state index < -0.39 is 0 Å². The van der Waals surface area contributed by atoms with Crippen LogP contribution in [0.4, 0.5) is 6.01 Å². The Hall–Kier alpha value is -2.30. The molecule has 0 bridgehead atoms. The largest absolute Gasteiger partial charge is 0.424 e. The van der Waals surface area contributed by atoms with Crippen LogP contribution >= 0.6 is 0 Å². The normalized spacial score (nSPS) is 17.9. The summed E-state index contributed by atoms with van der Waals surface area (Å²) in [7, 11) is 0. The zero-order valence-corrected chi connectivity index (χ0v) is 12.0. The van der Waals surface area contributed by atoms with Crippen LogP contribution in [0.1, 0.15) is 30.1 Å². The third-order valence-electron chi connectivity index (χ3n) is 4.11. The molecule has 108 valence electrons. The minimum atomic E-state index is 0.422. The van der Waals surface area contributed by atoms with Crippen LogP contribution in [-0.4, -0.2) is 21.1 Å². The number of fused-ring (bicyclic) bond motifs is 2. The highest BCUT2D eigenvalue weighted by Gasteiger charge is 2.21. The average Bonchev–Trinajstić information content (AvgIpc) is 3.10. The third-order valence-corrected chi connectivity index (χ3v) is 4.11. The van der Waals surface area contributed by atoms with Gasteiger partial charge in [-0.1, -0.05) is 6.07 Å². The Kier molecular flexibility index (Phi) is 2.91. The molecule has 1 aliphatic heterocycles. The molecule has 1 atom stereocenters. The van der Waals surface area contributed by atoms with Crippen molar-refractivity contribution in [2.45, 2.75) is 32.2 Å². The lowest BCUT2D eigenvalue weighted by Gasteiger charge is -2.23. The van der Waals surface area contributed by atoms with Crippen LogP contribution in [0.2, 0.25) is 0 Å². The number of aryl methyl sites for hydroxylation is 2. The van der Waals surface area contributed by atoms with Crippen molar-refractivity contribution in [1.29, 1.82) is 0 Å². The van der Waals surface area contributed by atoms with Crippen LogP contribution in [0.25, 0.3) is 11.1 Å². The third kappa shape index (κ3) is 2.28. The Labute approximate surface area is 123 Å². The van der Waals surface area contributed by atoms with Gasteiger partial charge >= 0.3 is 0 Å². The molecule has 0 aliphatic carbocycles. The van der Waals surface area contributed by atoms with Gasteiger partial charge in [-0.25, -0.2) is 4.98 Å². The zero-order valence-electron chi connectivity index (χ0n) is 12.0. The van der Waals surface area contributed by atoms with Crippen LogP contribution < -0.4 is 5.32 Å². The average molecular weight is 282 g/mol. The van der Waals surface area contributed by atoms with E-state index in [4.69, 9.17) is 4.42 Å². The van der Waals surface area contributed by atoms with E-state index in [1.165, 1.54) is 17.8 Å². The monoisotopic (exact) mass is 282 g/mol. The van der Waals surface area contributed by atoms with Crippen molar-refractivity contribution in [2.24, 2.45) is 0 Å². The number of nitrogens with one attached hydrogen (secondary N) is 1. The number of hydrogen-bond acceptors (Lipinski definition) is 4. The molecule has 0 spiro atoms. The van der Waals surface area contributed by atoms with E-state index in [0.717, 1.165) is 30.6 Å². The van der Waals surface area contributed by atoms with Crippen LogP contribution in [0.5, 0.6) is 0 Å². The van der Waals surface area contributed by atoms with Crippen molar-refractivity contribution >= 4 is 17.1 Å². The molecule has 1 N–H and O–H groups in total. The molecule has 0 fully saturated rings. The maximum atomic E-state index is 5.73. The molecule has 5 nitrogen and oxygen atoms in total. The van der Waals surface area contributed by atoms with Gasteiger partial charge in [0.2, 0.25) is 0 Å². The van der Waals surface area contributed by atoms with Gasteiger partial charge in [-0.15, -0.1) is 0 Å². The summed E-state index contributed by atoms with van der Waals surface area (Å²) >= 11 is 0. The molecule has 0 amide bonds. The lowest BCUT2D eigenvalue weighted by molar-refractivity contribution is 0.451. The first-order chi connectivity index (χ1) is 10.3. The standard InChI is InChI=1S/C16H18N4O/c1-11-4-5-14-13(9-11)19-16(21-14)18-10-12-3-2-7-20-8-6-17-15(12)20/h4-6,8-9,12H,2-3,7,10H2,1H3,(H,18,19). The minimum Gasteiger partial charge on any atom is -0.424 e. The van der Waals surface area contributed by atoms with Crippen molar-refractivity contribution < 1.29 is 4.42 Å². The Morgan fingerprint density at radius 3 is 3.33 bits per heavy atom. The minimum absolute atomic E-state index is 0.422. The van der Waals surface area contributed by atoms with E-state index in [0.29, 0.717) is 11.9 Å². The van der Waals surface area contributed by atoms with E-state index >= 15 is 0 Å². The second-order valence-electron chi connectivity index (χ2n) is 5.69. The summed E-state index contributed by atoms with van der Waals surface area (Å²) in [6.07, 6.45) is 6.30. The number of benzene rings is 1. The van der Waals surface area contributed by atoms with E-state index in [9.17, 15) is 0 Å². The number of anilines is 1. The molecule has 3 heterocycles. The Balaban J connectivity index is 1.51. The van der Waals surface area contributed by atoms with Gasteiger partial charge in [0, 0.05) is 31.4 Å². The summed E-state index contributed by atoms with van der Waals surface area (Å²) in [5.41, 5.74) is 2.92. The number of hydrogen-bond donors (Lipinski definition) is 1. The maximum Gasteiger partial charge on any atom is 0.295 e. The van der Waals surface area contributed by atoms with Crippen molar-refractivity contribution in [1.82, 2.24) is 14.5 Å². The van der Waals surface area contributed by atoms with Crippen LogP contribution in [0.15, 0.2) is 35.0 Å². The van der Waals surface area contributed by atoms with Gasteiger partial charge in [0.15, 0.2) is 5.58 Å². The second-order valence-corrected chi connectivity index (χ2v) is 5.69. The molecule has 1 aromatic carbocycles. The second kappa shape index (κ2) is 4.91. The van der Waals surface area contributed by atoms with Gasteiger partial charge < -0.3 is 14.3 Å². The van der Waals surface area contributed by atoms with E-state index in [1.54, 1.807) is 0 Å². The van der Waals surface area contributed by atoms with Gasteiger partial charge in [0.1, 0.15) is 11.3 Å². The molecule has 4 rings (SSSR count). The number of imidazole rings is 1. The SMILES string of the molecule is Cc1ccc2oc(NCC3CCCn4ccnc43)nc2c1. The van der Waals surface area contributed by atoms with Crippen molar-refractivity contribution in [2.75, 3.05) is 11.9 Å². The van der Waals surface area contributed by atoms with E-state index in [1.807, 2.05) is 24.4 Å². The van der Waals surface area contributed by atoms with Gasteiger partial charge in [0.05, 0.1) is 0 Å². The van der Waals surface area contributed by atoms with E-state index in [2.05, 4.69) is 33.0 Å². The first kappa shape index (κ1) is 12.4. The van der Waals surface area contributed by atoms with E-state index in [-0.39, 0.29) is 0 Å². The molecule has 3 aromatic rings. The smallest absolute Gasteiger partial charge is 0.295 e. The molecule has 1 aliphatic rings. The number of nitrogens with zero attached hydrogens (tertiary/aromatic N) is 3. The highest BCUT2D eigenvalue weighted by molar-refractivity contribution is 5.75. The topological polar surface area (TPSA) is 55.9 Å². The highest BCUT2D eigenvalue weighted by atomic mass is 16.4. The van der Waals surface area contributed by atoms with Crippen LogP contribution in [0, 0.1) is 6.92 Å². The molecule has 0 radical (unpaired) electrons. The Morgan fingerprint density at radius 2 is 2.38 bits per heavy atom. The van der Waals surface area contributed by atoms with Crippen LogP contribution in [0.3, 0.4) is 0 Å². The highest BCUT2D eigenvalue weighted by Crippen LogP contribution is 2.26. The summed E-state index contributed by atoms with van der Waals surface area (Å²) in [5.74, 6) is 1.59. The molecule has 2 aromatic heterocycles. The summed E-state index contributed by atoms with van der Waals surface area (Å²) in [6, 6.07) is 6.64. The Bertz CT molecular complexity index is 774. The number of rotatable bonds is 3. The van der Waals surface area contributed by atoms with Gasteiger partial charge in [-0.2, -0.15) is 4.98 Å². The van der Waals surface area contributed by atoms with Gasteiger partial charge in [0.25, 0.3) is 6.01 Å². The fourth-order valence-corrected chi connectivity index (χ4v) is 3.02.